The van der Waals surface area contributed by atoms with E-state index in [0.717, 1.165) is 11.1 Å². The van der Waals surface area contributed by atoms with Gasteiger partial charge in [0.25, 0.3) is 0 Å². The zero-order valence-corrected chi connectivity index (χ0v) is 32.6. The van der Waals surface area contributed by atoms with Crippen LogP contribution in [-0.2, 0) is 73.1 Å². The summed E-state index contributed by atoms with van der Waals surface area (Å²) < 4.78 is 89.2. The molecule has 0 aliphatic carbocycles. The number of aliphatic hydroxyl groups is 1. The van der Waals surface area contributed by atoms with Gasteiger partial charge in [0.2, 0.25) is 20.0 Å². The molecule has 0 radical (unpaired) electrons. The number of sulfonamides is 2. The van der Waals surface area contributed by atoms with Crippen LogP contribution >= 0.6 is 0 Å². The first kappa shape index (κ1) is 41.1. The van der Waals surface area contributed by atoms with E-state index in [9.17, 15) is 26.7 Å². The molecule has 16 heteroatoms. The van der Waals surface area contributed by atoms with Gasteiger partial charge in [-0.2, -0.15) is 0 Å². The van der Waals surface area contributed by atoms with Crippen LogP contribution < -0.4 is 0 Å². The number of aliphatic hydroxyl groups excluding tert-OH is 1. The van der Waals surface area contributed by atoms with Crippen LogP contribution in [0.2, 0.25) is 0 Å². The smallest absolute Gasteiger partial charge is 0.329 e. The highest BCUT2D eigenvalue weighted by molar-refractivity contribution is 7.91. The molecule has 0 amide bonds. The third-order valence-corrected chi connectivity index (χ3v) is 16.7. The predicted octanol–water partition coefficient (Wildman–Crippen LogP) is 3.11. The topological polar surface area (TPSA) is 167 Å². The van der Waals surface area contributed by atoms with Crippen molar-refractivity contribution in [3.05, 3.63) is 71.3 Å². The number of esters is 1. The van der Waals surface area contributed by atoms with Crippen LogP contribution in [-0.4, -0.2) is 124 Å². The van der Waals surface area contributed by atoms with Crippen LogP contribution in [0.5, 0.6) is 0 Å². The van der Waals surface area contributed by atoms with Crippen molar-refractivity contribution in [1.82, 2.24) is 8.61 Å². The zero-order valence-electron chi connectivity index (χ0n) is 31.0. The van der Waals surface area contributed by atoms with Gasteiger partial charge in [0.1, 0.15) is 11.4 Å². The molecule has 1 unspecified atom stereocenters. The van der Waals surface area contributed by atoms with Gasteiger partial charge < -0.3 is 33.5 Å². The van der Waals surface area contributed by atoms with Crippen LogP contribution in [0.25, 0.3) is 0 Å². The average Bonchev–Trinajstić information content (AvgIpc) is 3.22. The fourth-order valence-electron chi connectivity index (χ4n) is 7.83. The fraction of sp³-hybridized carbons (Fsp3) is 0.658. The van der Waals surface area contributed by atoms with Gasteiger partial charge in [-0.25, -0.2) is 25.4 Å². The van der Waals surface area contributed by atoms with Crippen molar-refractivity contribution in [2.45, 2.75) is 99.2 Å². The van der Waals surface area contributed by atoms with E-state index in [1.54, 1.807) is 0 Å². The number of ether oxygens (including phenoxy) is 6. The first-order chi connectivity index (χ1) is 26.0. The van der Waals surface area contributed by atoms with Crippen LogP contribution in [0.15, 0.2) is 54.6 Å². The molecule has 6 rings (SSSR count). The lowest BCUT2D eigenvalue weighted by atomic mass is 9.98. The molecule has 1 N–H and O–H groups in total. The number of piperidine rings is 2. The Morgan fingerprint density at radius 1 is 0.704 bits per heavy atom. The van der Waals surface area contributed by atoms with E-state index in [2.05, 4.69) is 0 Å². The number of rotatable bonds is 15. The highest BCUT2D eigenvalue weighted by atomic mass is 32.2. The summed E-state index contributed by atoms with van der Waals surface area (Å²) in [5.41, 5.74) is 2.67. The summed E-state index contributed by atoms with van der Waals surface area (Å²) in [6.45, 7) is 2.60. The van der Waals surface area contributed by atoms with Gasteiger partial charge in [0.05, 0.1) is 25.4 Å². The molecule has 4 aliphatic rings. The lowest BCUT2D eigenvalue weighted by Gasteiger charge is -2.43. The molecule has 1 atom stereocenters. The fourth-order valence-corrected chi connectivity index (χ4v) is 12.2. The third-order valence-electron chi connectivity index (χ3n) is 11.4. The van der Waals surface area contributed by atoms with Crippen LogP contribution in [0.1, 0.15) is 68.1 Å². The Morgan fingerprint density at radius 2 is 1.15 bits per heavy atom. The summed E-state index contributed by atoms with van der Waals surface area (Å²) in [5, 5.41) is 10.6. The second kappa shape index (κ2) is 18.2. The first-order valence-corrected chi connectivity index (χ1v) is 21.8. The Kier molecular flexibility index (Phi) is 13.8. The summed E-state index contributed by atoms with van der Waals surface area (Å²) in [6.07, 6.45) is 0.858. The van der Waals surface area contributed by atoms with E-state index < -0.39 is 41.8 Å². The number of hydrogen-bond donors (Lipinski definition) is 1. The molecule has 300 valence electrons. The van der Waals surface area contributed by atoms with Crippen LogP contribution in [0.4, 0.5) is 0 Å². The number of methoxy groups -OCH3 is 1. The van der Waals surface area contributed by atoms with Gasteiger partial charge in [-0.1, -0.05) is 54.6 Å². The van der Waals surface area contributed by atoms with Crippen molar-refractivity contribution in [2.75, 3.05) is 59.7 Å². The molecule has 54 heavy (non-hydrogen) atoms. The normalized spacial score (nSPS) is 22.8. The highest BCUT2D eigenvalue weighted by Crippen LogP contribution is 2.38. The summed E-state index contributed by atoms with van der Waals surface area (Å²) in [6, 6.07) is 17.2. The summed E-state index contributed by atoms with van der Waals surface area (Å²) in [4.78, 5) is 13.7. The van der Waals surface area contributed by atoms with Crippen molar-refractivity contribution in [3.8, 4) is 0 Å². The molecule has 4 heterocycles. The van der Waals surface area contributed by atoms with Crippen molar-refractivity contribution in [3.63, 3.8) is 0 Å². The molecular formula is C38H54N2O12S2. The predicted molar refractivity (Wildman–Crippen MR) is 198 cm³/mol. The molecule has 0 aromatic heterocycles. The number of benzene rings is 2. The van der Waals surface area contributed by atoms with Crippen molar-refractivity contribution in [1.29, 1.82) is 0 Å². The first-order valence-electron chi connectivity index (χ1n) is 18.9. The highest BCUT2D eigenvalue weighted by Gasteiger charge is 2.56. The number of nitrogens with zero attached hydrogens (tertiary/aromatic N) is 2. The monoisotopic (exact) mass is 794 g/mol. The van der Waals surface area contributed by atoms with Gasteiger partial charge in [-0.05, 0) is 55.2 Å². The standard InChI is InChI=1S/C38H54N2O12S2/c1-47-35(41)37(15-23-48-24-16-37)53(43,44)39-19-11-34(12-20-39)51-28-31-7-9-32(10-8-31)29-52-36(42)38(17-25-49-26-18-38)54(45,46)40-21-13-33(14-22-40)50-27-30-5-3-2-4-6-30/h2-10,33-35,41H,11-29H2,1H3. The molecule has 4 aliphatic heterocycles. The summed E-state index contributed by atoms with van der Waals surface area (Å²) in [5.74, 6) is -0.756. The zero-order chi connectivity index (χ0) is 38.2. The van der Waals surface area contributed by atoms with Gasteiger partial charge in [-0.3, -0.25) is 4.79 Å². The lowest BCUT2D eigenvalue weighted by molar-refractivity contribution is -0.151. The van der Waals surface area contributed by atoms with Gasteiger partial charge in [0.15, 0.2) is 11.0 Å². The maximum Gasteiger partial charge on any atom is 0.329 e. The largest absolute Gasteiger partial charge is 0.460 e. The van der Waals surface area contributed by atoms with E-state index in [0.29, 0.717) is 44.5 Å². The maximum atomic E-state index is 14.1. The Labute approximate surface area is 319 Å². The Bertz CT molecular complexity index is 1710. The number of carbonyl (C=O) groups excluding carboxylic acids is 1. The van der Waals surface area contributed by atoms with E-state index in [4.69, 9.17) is 28.4 Å². The van der Waals surface area contributed by atoms with E-state index in [1.807, 2.05) is 54.6 Å². The molecule has 4 fully saturated rings. The van der Waals surface area contributed by atoms with Crippen molar-refractivity contribution < 1.29 is 55.2 Å². The Morgan fingerprint density at radius 3 is 1.65 bits per heavy atom. The lowest BCUT2D eigenvalue weighted by Crippen LogP contribution is -2.59. The molecule has 2 aromatic carbocycles. The molecule has 4 saturated heterocycles. The Hall–Kier alpha value is -2.51. The third kappa shape index (κ3) is 8.88. The minimum Gasteiger partial charge on any atom is -0.460 e. The molecule has 14 nitrogen and oxygen atoms in total. The maximum absolute atomic E-state index is 14.1. The van der Waals surface area contributed by atoms with Crippen molar-refractivity contribution in [2.24, 2.45) is 0 Å². The second-order valence-electron chi connectivity index (χ2n) is 14.6. The molecule has 0 spiro atoms. The van der Waals surface area contributed by atoms with E-state index in [1.165, 1.54) is 15.7 Å². The summed E-state index contributed by atoms with van der Waals surface area (Å²) >= 11 is 0. The van der Waals surface area contributed by atoms with Crippen LogP contribution in [0, 0.1) is 0 Å². The minimum absolute atomic E-state index is 0.0324. The van der Waals surface area contributed by atoms with E-state index >= 15 is 0 Å². The summed E-state index contributed by atoms with van der Waals surface area (Å²) in [7, 11) is -6.60. The molecule has 0 saturated carbocycles. The quantitative estimate of drug-likeness (QED) is 0.207. The molecule has 0 bridgehead atoms. The second-order valence-corrected chi connectivity index (χ2v) is 19.1. The molecule has 2 aromatic rings. The molecular weight excluding hydrogens is 741 g/mol. The van der Waals surface area contributed by atoms with Crippen LogP contribution in [0.3, 0.4) is 0 Å². The van der Waals surface area contributed by atoms with Gasteiger partial charge in [-0.15, -0.1) is 0 Å². The number of carbonyl (C=O) groups is 1. The van der Waals surface area contributed by atoms with Gasteiger partial charge in [0, 0.05) is 72.6 Å². The minimum atomic E-state index is -4.04. The van der Waals surface area contributed by atoms with Crippen molar-refractivity contribution >= 4 is 26.0 Å². The SMILES string of the molecule is COC(O)C1(S(=O)(=O)N2CCC(OCc3ccc(COC(=O)C4(S(=O)(=O)N5CCC(OCc6ccccc6)CC5)CCOCC4)cc3)CC2)CCOCC1. The van der Waals surface area contributed by atoms with E-state index in [-0.39, 0.29) is 97.1 Å². The average molecular weight is 795 g/mol. The Balaban J connectivity index is 0.974. The number of hydrogen-bond acceptors (Lipinski definition) is 12. The van der Waals surface area contributed by atoms with Gasteiger partial charge >= 0.3 is 5.97 Å².